The van der Waals surface area contributed by atoms with Crippen LogP contribution < -0.4 is 20.0 Å². The summed E-state index contributed by atoms with van der Waals surface area (Å²) in [5.41, 5.74) is 6.05. The highest BCUT2D eigenvalue weighted by Crippen LogP contribution is 2.37. The third-order valence-electron chi connectivity index (χ3n) is 4.74. The summed E-state index contributed by atoms with van der Waals surface area (Å²) >= 11 is 1.02. The Bertz CT molecular complexity index is 1130. The number of nitrogen functional groups attached to an aromatic ring is 1. The van der Waals surface area contributed by atoms with Gasteiger partial charge in [0.1, 0.15) is 11.8 Å². The van der Waals surface area contributed by atoms with Crippen molar-refractivity contribution in [2.75, 3.05) is 12.0 Å². The largest absolute Gasteiger partial charge is 0.573 e. The summed E-state index contributed by atoms with van der Waals surface area (Å²) in [7, 11) is 0. The summed E-state index contributed by atoms with van der Waals surface area (Å²) in [5, 5.41) is 2.14. The van der Waals surface area contributed by atoms with Crippen molar-refractivity contribution in [3.05, 3.63) is 53.6 Å². The fraction of sp³-hybridized carbons (Fsp3) is 0.238. The number of fused-ring (bicyclic) bond motifs is 1. The van der Waals surface area contributed by atoms with Gasteiger partial charge in [-0.15, -0.1) is 13.2 Å². The molecule has 1 atom stereocenters. The maximum Gasteiger partial charge on any atom is 0.573 e. The van der Waals surface area contributed by atoms with Crippen molar-refractivity contribution in [3.63, 3.8) is 0 Å². The fourth-order valence-corrected chi connectivity index (χ4v) is 3.69. The summed E-state index contributed by atoms with van der Waals surface area (Å²) in [6, 6.07) is 9.00. The highest BCUT2D eigenvalue weighted by atomic mass is 32.2. The van der Waals surface area contributed by atoms with Crippen LogP contribution in [-0.2, 0) is 9.59 Å². The number of imide groups is 2. The van der Waals surface area contributed by atoms with E-state index in [0.29, 0.717) is 0 Å². The smallest absolute Gasteiger partial charge is 0.425 e. The second-order valence-corrected chi connectivity index (χ2v) is 7.46. The molecule has 1 unspecified atom stereocenters. The molecule has 2 aromatic rings. The molecule has 13 heteroatoms. The molecule has 2 aromatic carbocycles. The van der Waals surface area contributed by atoms with Gasteiger partial charge in [-0.05, 0) is 30.7 Å². The van der Waals surface area contributed by atoms with Crippen LogP contribution in [-0.4, -0.2) is 47.2 Å². The number of carbonyl (C=O) groups excluding carboxylic acids is 4. The van der Waals surface area contributed by atoms with Gasteiger partial charge in [0.15, 0.2) is 5.75 Å². The zero-order valence-electron chi connectivity index (χ0n) is 17.5. The number of nitrogens with one attached hydrogen (secondary N) is 1. The highest BCUT2D eigenvalue weighted by molar-refractivity contribution is 7.94. The molecule has 4 amide bonds. The fourth-order valence-electron chi connectivity index (χ4n) is 3.37. The molecule has 0 spiro atoms. The zero-order chi connectivity index (χ0) is 25.0. The minimum absolute atomic E-state index is 0.0336. The van der Waals surface area contributed by atoms with Crippen molar-refractivity contribution in [1.82, 2.24) is 10.2 Å². The molecule has 1 saturated heterocycles. The number of piperidine rings is 1. The van der Waals surface area contributed by atoms with Gasteiger partial charge in [-0.1, -0.05) is 18.2 Å². The second kappa shape index (κ2) is 10.0. The topological polar surface area (TPSA) is 128 Å². The van der Waals surface area contributed by atoms with Crippen LogP contribution in [0.4, 0.5) is 18.9 Å². The second-order valence-electron chi connectivity index (χ2n) is 6.96. The third kappa shape index (κ3) is 5.42. The van der Waals surface area contributed by atoms with Gasteiger partial charge in [0.25, 0.3) is 11.8 Å². The molecule has 180 valence electrons. The highest BCUT2D eigenvalue weighted by Gasteiger charge is 2.47. The molecule has 3 N–H and O–H groups in total. The molecule has 0 aliphatic carbocycles. The first-order valence-corrected chi connectivity index (χ1v) is 10.8. The van der Waals surface area contributed by atoms with E-state index in [1.807, 2.05) is 0 Å². The average Bonchev–Trinajstić information content (AvgIpc) is 3.02. The van der Waals surface area contributed by atoms with Crippen molar-refractivity contribution >= 4 is 41.4 Å². The van der Waals surface area contributed by atoms with Gasteiger partial charge in [-0.25, -0.2) is 0 Å². The van der Waals surface area contributed by atoms with Gasteiger partial charge in [0.05, 0.1) is 23.2 Å². The summed E-state index contributed by atoms with van der Waals surface area (Å²) in [6.45, 7) is 0. The Morgan fingerprint density at radius 3 is 2.26 bits per heavy atom. The van der Waals surface area contributed by atoms with E-state index in [1.165, 1.54) is 36.4 Å². The van der Waals surface area contributed by atoms with E-state index in [4.69, 9.17) is 9.92 Å². The Hall–Kier alpha value is -3.74. The predicted molar refractivity (Wildman–Crippen MR) is 115 cm³/mol. The summed E-state index contributed by atoms with van der Waals surface area (Å²) in [6.07, 6.45) is -2.77. The lowest BCUT2D eigenvalue weighted by atomic mass is 10.0. The maximum absolute atomic E-state index is 12.7. The number of alkyl halides is 3. The maximum atomic E-state index is 12.7. The molecule has 34 heavy (non-hydrogen) atoms. The van der Waals surface area contributed by atoms with Gasteiger partial charge in [0, 0.05) is 18.4 Å². The van der Waals surface area contributed by atoms with E-state index in [2.05, 4.69) is 10.1 Å². The number of hydrogen-bond acceptors (Lipinski definition) is 8. The molecule has 0 bridgehead atoms. The number of halogens is 3. The number of amides is 4. The Morgan fingerprint density at radius 2 is 1.68 bits per heavy atom. The first-order chi connectivity index (χ1) is 16.0. The Balaban J connectivity index is 0.000000248. The van der Waals surface area contributed by atoms with Crippen molar-refractivity contribution in [1.29, 1.82) is 0 Å². The van der Waals surface area contributed by atoms with E-state index >= 15 is 0 Å². The Labute approximate surface area is 195 Å². The van der Waals surface area contributed by atoms with Gasteiger partial charge >= 0.3 is 6.36 Å². The number of nitrogens with zero attached hydrogens (tertiary/aromatic N) is 1. The van der Waals surface area contributed by atoms with Crippen LogP contribution in [0.3, 0.4) is 0 Å². The molecule has 2 aliphatic heterocycles. The van der Waals surface area contributed by atoms with Crippen molar-refractivity contribution in [2.24, 2.45) is 0 Å². The van der Waals surface area contributed by atoms with E-state index < -0.39 is 36.0 Å². The van der Waals surface area contributed by atoms with E-state index in [9.17, 15) is 32.3 Å². The van der Waals surface area contributed by atoms with Crippen LogP contribution in [0.2, 0.25) is 0 Å². The van der Waals surface area contributed by atoms with Crippen LogP contribution in [0.15, 0.2) is 42.5 Å². The van der Waals surface area contributed by atoms with Gasteiger partial charge < -0.3 is 14.7 Å². The minimum Gasteiger partial charge on any atom is -0.425 e. The van der Waals surface area contributed by atoms with Crippen molar-refractivity contribution < 1.29 is 41.3 Å². The van der Waals surface area contributed by atoms with Crippen molar-refractivity contribution in [3.8, 4) is 11.5 Å². The van der Waals surface area contributed by atoms with Crippen LogP contribution in [0.25, 0.3) is 0 Å². The summed E-state index contributed by atoms with van der Waals surface area (Å²) in [5.74, 6) is -2.36. The number of benzene rings is 2. The first kappa shape index (κ1) is 24.9. The lowest BCUT2D eigenvalue weighted by Crippen LogP contribution is -2.54. The van der Waals surface area contributed by atoms with Gasteiger partial charge in [-0.3, -0.25) is 29.4 Å². The van der Waals surface area contributed by atoms with E-state index in [-0.39, 0.29) is 41.2 Å². The minimum atomic E-state index is -4.60. The molecule has 0 aromatic heterocycles. The number of hydrogen-bond donors (Lipinski definition) is 2. The molecule has 9 nitrogen and oxygen atoms in total. The molecular formula is C21H18F3N3O6S. The molecule has 0 radical (unpaired) electrons. The average molecular weight is 497 g/mol. The number of para-hydroxylation sites is 1. The van der Waals surface area contributed by atoms with E-state index in [0.717, 1.165) is 16.9 Å². The summed E-state index contributed by atoms with van der Waals surface area (Å²) < 4.78 is 43.5. The third-order valence-corrected chi connectivity index (χ3v) is 5.08. The quantitative estimate of drug-likeness (QED) is 0.375. The monoisotopic (exact) mass is 497 g/mol. The van der Waals surface area contributed by atoms with Crippen LogP contribution in [0, 0.1) is 0 Å². The van der Waals surface area contributed by atoms with E-state index in [1.54, 1.807) is 12.3 Å². The number of carbonyl (C=O) groups is 4. The lowest BCUT2D eigenvalue weighted by Gasteiger charge is -2.27. The number of nitrogens with two attached hydrogens (primary N) is 1. The number of anilines is 1. The van der Waals surface area contributed by atoms with Gasteiger partial charge in [-0.2, -0.15) is 0 Å². The molecule has 1 fully saturated rings. The predicted octanol–water partition coefficient (Wildman–Crippen LogP) is 2.91. The van der Waals surface area contributed by atoms with Crippen LogP contribution >= 0.6 is 12.0 Å². The number of rotatable bonds is 4. The van der Waals surface area contributed by atoms with Crippen LogP contribution in [0.1, 0.15) is 33.6 Å². The van der Waals surface area contributed by atoms with Crippen LogP contribution in [0.5, 0.6) is 11.5 Å². The molecular weight excluding hydrogens is 479 g/mol. The molecule has 2 heterocycles. The standard InChI is InChI=1S/C14H13N3O5S.C7H5F3O/c1-23-22-8-4-2-6(15)10-11(8)14(21)17(13(10)20)7-3-5-9(18)16-12(7)19;8-7(9,10)11-6-4-2-1-3-5-6/h2,4,7H,3,5,15H2,1H3,(H,16,18,19);1-5H. The SMILES string of the molecule is CSOc1ccc(N)c2c1C(=O)N(C1CCC(=O)NC1=O)C2=O.FC(F)(F)Oc1ccccc1. The Kier molecular flexibility index (Phi) is 7.35. The molecule has 4 rings (SSSR count). The Morgan fingerprint density at radius 1 is 1.03 bits per heavy atom. The van der Waals surface area contributed by atoms with Gasteiger partial charge in [0.2, 0.25) is 11.8 Å². The first-order valence-electron chi connectivity index (χ1n) is 9.69. The lowest BCUT2D eigenvalue weighted by molar-refractivity contribution is -0.274. The zero-order valence-corrected chi connectivity index (χ0v) is 18.4. The number of ether oxygens (including phenoxy) is 1. The molecule has 0 saturated carbocycles. The molecule has 2 aliphatic rings. The normalized spacial score (nSPS) is 17.5. The van der Waals surface area contributed by atoms with Crippen molar-refractivity contribution in [2.45, 2.75) is 25.2 Å². The summed E-state index contributed by atoms with van der Waals surface area (Å²) in [4.78, 5) is 49.4.